The predicted molar refractivity (Wildman–Crippen MR) is 76.1 cm³/mol. The second-order valence-corrected chi connectivity index (χ2v) is 6.20. The number of aliphatic imine (C=N–C) groups is 2. The number of aliphatic hydroxyl groups is 1. The van der Waals surface area contributed by atoms with Crippen molar-refractivity contribution in [3.63, 3.8) is 0 Å². The summed E-state index contributed by atoms with van der Waals surface area (Å²) in [4.78, 5) is 9.07. The Kier molecular flexibility index (Phi) is 3.99. The summed E-state index contributed by atoms with van der Waals surface area (Å²) in [6.45, 7) is 2.17. The summed E-state index contributed by atoms with van der Waals surface area (Å²) in [6.07, 6.45) is 10.7. The van der Waals surface area contributed by atoms with E-state index < -0.39 is 0 Å². The molecule has 0 spiro atoms. The fourth-order valence-corrected chi connectivity index (χ4v) is 3.62. The van der Waals surface area contributed by atoms with Gasteiger partial charge < -0.3 is 9.84 Å². The Morgan fingerprint density at radius 2 is 1.58 bits per heavy atom. The number of ether oxygens (including phenoxy) is 1. The molecule has 4 nitrogen and oxygen atoms in total. The number of hydrogen-bond donors (Lipinski definition) is 1. The molecule has 0 aromatic rings. The Bertz CT molecular complexity index is 345. The molecule has 19 heavy (non-hydrogen) atoms. The van der Waals surface area contributed by atoms with Crippen LogP contribution >= 0.6 is 0 Å². The molecule has 4 heteroatoms. The molecule has 0 aromatic carbocycles. The maximum Gasteiger partial charge on any atom is 0.102 e. The van der Waals surface area contributed by atoms with E-state index in [1.807, 2.05) is 6.21 Å². The Labute approximate surface area is 115 Å². The van der Waals surface area contributed by atoms with Gasteiger partial charge in [0.05, 0.1) is 24.4 Å². The van der Waals surface area contributed by atoms with Crippen molar-refractivity contribution in [3.8, 4) is 0 Å². The SMILES string of the molecule is CC1CCCC(O)C1N=CC=NC1C2CCCC1O2. The van der Waals surface area contributed by atoms with Crippen LogP contribution in [0.5, 0.6) is 0 Å². The molecule has 1 aliphatic heterocycles. The van der Waals surface area contributed by atoms with E-state index in [-0.39, 0.29) is 12.1 Å². The molecule has 3 fully saturated rings. The van der Waals surface area contributed by atoms with Gasteiger partial charge in [0.1, 0.15) is 6.04 Å². The van der Waals surface area contributed by atoms with Gasteiger partial charge >= 0.3 is 0 Å². The van der Waals surface area contributed by atoms with Crippen molar-refractivity contribution < 1.29 is 9.84 Å². The van der Waals surface area contributed by atoms with E-state index in [2.05, 4.69) is 16.9 Å². The normalized spacial score (nSPS) is 46.6. The molecule has 0 radical (unpaired) electrons. The van der Waals surface area contributed by atoms with Crippen LogP contribution in [0, 0.1) is 5.92 Å². The average Bonchev–Trinajstić information content (AvgIpc) is 2.42. The molecule has 2 bridgehead atoms. The zero-order valence-electron chi connectivity index (χ0n) is 11.6. The van der Waals surface area contributed by atoms with Crippen LogP contribution in [0.2, 0.25) is 0 Å². The molecule has 0 aromatic heterocycles. The van der Waals surface area contributed by atoms with Crippen LogP contribution in [-0.4, -0.2) is 47.9 Å². The molecule has 5 atom stereocenters. The summed E-state index contributed by atoms with van der Waals surface area (Å²) in [5.74, 6) is 0.472. The fraction of sp³-hybridized carbons (Fsp3) is 0.867. The van der Waals surface area contributed by atoms with Gasteiger partial charge in [-0.15, -0.1) is 0 Å². The number of aliphatic hydroxyl groups excluding tert-OH is 1. The lowest BCUT2D eigenvalue weighted by atomic mass is 9.84. The summed E-state index contributed by atoms with van der Waals surface area (Å²) >= 11 is 0. The van der Waals surface area contributed by atoms with Crippen LogP contribution in [0.25, 0.3) is 0 Å². The monoisotopic (exact) mass is 264 g/mol. The van der Waals surface area contributed by atoms with Crippen LogP contribution < -0.4 is 0 Å². The van der Waals surface area contributed by atoms with E-state index in [9.17, 15) is 5.11 Å². The summed E-state index contributed by atoms with van der Waals surface area (Å²) in [7, 11) is 0. The first kappa shape index (κ1) is 13.3. The number of rotatable bonds is 3. The van der Waals surface area contributed by atoms with Crippen LogP contribution in [0.4, 0.5) is 0 Å². The van der Waals surface area contributed by atoms with Gasteiger partial charge in [-0.2, -0.15) is 0 Å². The summed E-state index contributed by atoms with van der Waals surface area (Å²) in [5.41, 5.74) is 0. The van der Waals surface area contributed by atoms with Gasteiger partial charge in [-0.3, -0.25) is 9.98 Å². The fourth-order valence-electron chi connectivity index (χ4n) is 3.62. The zero-order valence-corrected chi connectivity index (χ0v) is 11.6. The Balaban J connectivity index is 1.52. The second-order valence-electron chi connectivity index (χ2n) is 6.20. The number of fused-ring (bicyclic) bond motifs is 2. The highest BCUT2D eigenvalue weighted by atomic mass is 16.5. The molecule has 2 aliphatic carbocycles. The van der Waals surface area contributed by atoms with Crippen molar-refractivity contribution in [1.29, 1.82) is 0 Å². The first-order valence-corrected chi connectivity index (χ1v) is 7.64. The lowest BCUT2D eigenvalue weighted by molar-refractivity contribution is -0.173. The molecule has 1 heterocycles. The highest BCUT2D eigenvalue weighted by molar-refractivity contribution is 6.16. The molecular weight excluding hydrogens is 240 g/mol. The summed E-state index contributed by atoms with van der Waals surface area (Å²) < 4.78 is 5.67. The topological polar surface area (TPSA) is 54.2 Å². The number of nitrogens with zero attached hydrogens (tertiary/aromatic N) is 2. The maximum absolute atomic E-state index is 9.96. The highest BCUT2D eigenvalue weighted by Crippen LogP contribution is 2.36. The third-order valence-corrected chi connectivity index (χ3v) is 4.81. The average molecular weight is 264 g/mol. The standard InChI is InChI=1S/C15H24N2O2/c1-10-4-2-5-11(18)14(10)16-8-9-17-15-12-6-3-7-13(15)19-12/h8-15,18H,2-7H2,1H3. The summed E-state index contributed by atoms with van der Waals surface area (Å²) in [6, 6.07) is 0.409. The zero-order chi connectivity index (χ0) is 13.2. The molecule has 3 rings (SSSR count). The van der Waals surface area contributed by atoms with Crippen molar-refractivity contribution in [1.82, 2.24) is 0 Å². The molecule has 3 aliphatic rings. The molecule has 0 amide bonds. The van der Waals surface area contributed by atoms with Crippen LogP contribution in [0.3, 0.4) is 0 Å². The Morgan fingerprint density at radius 1 is 0.947 bits per heavy atom. The van der Waals surface area contributed by atoms with Gasteiger partial charge in [0.25, 0.3) is 0 Å². The smallest absolute Gasteiger partial charge is 0.102 e. The lowest BCUT2D eigenvalue weighted by Gasteiger charge is -2.46. The van der Waals surface area contributed by atoms with Crippen molar-refractivity contribution >= 4 is 12.4 Å². The summed E-state index contributed by atoms with van der Waals surface area (Å²) in [5, 5.41) is 9.96. The first-order chi connectivity index (χ1) is 9.25. The lowest BCUT2D eigenvalue weighted by Crippen LogP contribution is -2.55. The minimum Gasteiger partial charge on any atom is -0.391 e. The Morgan fingerprint density at radius 3 is 2.21 bits per heavy atom. The van der Waals surface area contributed by atoms with Crippen LogP contribution in [0.15, 0.2) is 9.98 Å². The molecule has 1 saturated heterocycles. The van der Waals surface area contributed by atoms with Gasteiger partial charge in [-0.25, -0.2) is 0 Å². The van der Waals surface area contributed by atoms with E-state index in [0.717, 1.165) is 32.1 Å². The third-order valence-electron chi connectivity index (χ3n) is 4.81. The molecule has 1 N–H and O–H groups in total. The van der Waals surface area contributed by atoms with Crippen molar-refractivity contribution in [2.45, 2.75) is 75.8 Å². The molecule has 5 unspecified atom stereocenters. The minimum atomic E-state index is -0.278. The van der Waals surface area contributed by atoms with Gasteiger partial charge in [-0.05, 0) is 38.0 Å². The van der Waals surface area contributed by atoms with Crippen molar-refractivity contribution in [3.05, 3.63) is 0 Å². The minimum absolute atomic E-state index is 0.0531. The van der Waals surface area contributed by atoms with E-state index in [0.29, 0.717) is 24.2 Å². The van der Waals surface area contributed by atoms with Crippen LogP contribution in [0.1, 0.15) is 45.4 Å². The quantitative estimate of drug-likeness (QED) is 0.793. The van der Waals surface area contributed by atoms with Gasteiger partial charge in [0.15, 0.2) is 0 Å². The molecule has 2 saturated carbocycles. The van der Waals surface area contributed by atoms with Crippen molar-refractivity contribution in [2.24, 2.45) is 15.9 Å². The predicted octanol–water partition coefficient (Wildman–Crippen LogP) is 2.00. The van der Waals surface area contributed by atoms with Crippen molar-refractivity contribution in [2.75, 3.05) is 0 Å². The maximum atomic E-state index is 9.96. The van der Waals surface area contributed by atoms with Gasteiger partial charge in [-0.1, -0.05) is 13.3 Å². The second kappa shape index (κ2) is 5.71. The van der Waals surface area contributed by atoms with E-state index in [1.165, 1.54) is 6.42 Å². The third kappa shape index (κ3) is 2.75. The van der Waals surface area contributed by atoms with E-state index in [4.69, 9.17) is 4.74 Å². The first-order valence-electron chi connectivity index (χ1n) is 7.64. The van der Waals surface area contributed by atoms with Gasteiger partial charge in [0.2, 0.25) is 0 Å². The Hall–Kier alpha value is -0.740. The molecule has 106 valence electrons. The van der Waals surface area contributed by atoms with E-state index in [1.54, 1.807) is 6.21 Å². The molecular formula is C15H24N2O2. The van der Waals surface area contributed by atoms with E-state index >= 15 is 0 Å². The van der Waals surface area contributed by atoms with Gasteiger partial charge in [0, 0.05) is 12.4 Å². The largest absolute Gasteiger partial charge is 0.391 e. The highest BCUT2D eigenvalue weighted by Gasteiger charge is 2.44. The van der Waals surface area contributed by atoms with Crippen LogP contribution in [-0.2, 0) is 4.74 Å². The number of hydrogen-bond acceptors (Lipinski definition) is 4.